The number of rotatable bonds is 9. The highest BCUT2D eigenvalue weighted by atomic mass is 16.5. The van der Waals surface area contributed by atoms with Crippen molar-refractivity contribution >= 4 is 11.6 Å². The fourth-order valence-electron chi connectivity index (χ4n) is 3.51. The van der Waals surface area contributed by atoms with E-state index < -0.39 is 0 Å². The molecule has 0 aliphatic heterocycles. The minimum absolute atomic E-state index is 0.0910. The first-order valence-corrected chi connectivity index (χ1v) is 10.3. The summed E-state index contributed by atoms with van der Waals surface area (Å²) in [5.74, 6) is 1.99. The molecule has 3 rings (SSSR count). The Balaban J connectivity index is 1.87. The number of carbonyl (C=O) groups is 1. The van der Waals surface area contributed by atoms with E-state index in [0.717, 1.165) is 22.6 Å². The van der Waals surface area contributed by atoms with Crippen molar-refractivity contribution in [1.82, 2.24) is 0 Å². The van der Waals surface area contributed by atoms with E-state index in [0.29, 0.717) is 11.4 Å². The average molecular weight is 420 g/mol. The van der Waals surface area contributed by atoms with Gasteiger partial charge in [-0.05, 0) is 49.7 Å². The Hall–Kier alpha value is -3.47. The van der Waals surface area contributed by atoms with Crippen LogP contribution in [-0.2, 0) is 4.79 Å². The molecule has 3 aromatic rings. The van der Waals surface area contributed by atoms with Gasteiger partial charge in [0.25, 0.3) is 0 Å². The number of methoxy groups -OCH3 is 2. The molecule has 0 aliphatic carbocycles. The third kappa shape index (κ3) is 6.01. The van der Waals surface area contributed by atoms with Crippen LogP contribution >= 0.6 is 0 Å². The van der Waals surface area contributed by atoms with E-state index in [2.05, 4.69) is 5.32 Å². The van der Waals surface area contributed by atoms with Crippen molar-refractivity contribution in [2.75, 3.05) is 19.5 Å². The molecule has 1 atom stereocenters. The van der Waals surface area contributed by atoms with Crippen LogP contribution in [0.25, 0.3) is 0 Å². The lowest BCUT2D eigenvalue weighted by molar-refractivity contribution is -0.116. The highest BCUT2D eigenvalue weighted by Crippen LogP contribution is 2.35. The van der Waals surface area contributed by atoms with Crippen LogP contribution in [0.5, 0.6) is 17.2 Å². The van der Waals surface area contributed by atoms with E-state index in [9.17, 15) is 4.79 Å². The van der Waals surface area contributed by atoms with Crippen LogP contribution in [0.15, 0.2) is 72.8 Å². The second kappa shape index (κ2) is 10.5. The van der Waals surface area contributed by atoms with Gasteiger partial charge in [-0.25, -0.2) is 0 Å². The van der Waals surface area contributed by atoms with Crippen molar-refractivity contribution in [3.63, 3.8) is 0 Å². The van der Waals surface area contributed by atoms with Crippen LogP contribution < -0.4 is 19.5 Å². The molecule has 0 aliphatic rings. The van der Waals surface area contributed by atoms with Crippen LogP contribution in [0, 0.1) is 0 Å². The number of anilines is 1. The number of amides is 1. The quantitative estimate of drug-likeness (QED) is 0.487. The second-order valence-electron chi connectivity index (χ2n) is 7.51. The number of benzene rings is 3. The minimum atomic E-state index is -0.171. The molecule has 5 heteroatoms. The third-order valence-corrected chi connectivity index (χ3v) is 4.91. The maximum atomic E-state index is 13.0. The summed E-state index contributed by atoms with van der Waals surface area (Å²) in [6.07, 6.45) is 0.367. The first kappa shape index (κ1) is 22.2. The number of carbonyl (C=O) groups excluding carboxylic acids is 1. The fourth-order valence-corrected chi connectivity index (χ4v) is 3.51. The SMILES string of the molecule is COc1cccc(NC(=O)C[C@H](c2ccc(OC(C)C)cc2)c2ccccc2OC)c1. The summed E-state index contributed by atoms with van der Waals surface area (Å²) in [6.45, 7) is 3.99. The Kier molecular flexibility index (Phi) is 7.55. The van der Waals surface area contributed by atoms with Crippen molar-refractivity contribution in [2.45, 2.75) is 32.3 Å². The highest BCUT2D eigenvalue weighted by molar-refractivity contribution is 5.91. The smallest absolute Gasteiger partial charge is 0.225 e. The molecule has 0 saturated carbocycles. The van der Waals surface area contributed by atoms with Crippen molar-refractivity contribution in [3.05, 3.63) is 83.9 Å². The largest absolute Gasteiger partial charge is 0.497 e. The highest BCUT2D eigenvalue weighted by Gasteiger charge is 2.22. The predicted molar refractivity (Wildman–Crippen MR) is 123 cm³/mol. The fraction of sp³-hybridized carbons (Fsp3) is 0.269. The van der Waals surface area contributed by atoms with Gasteiger partial charge < -0.3 is 19.5 Å². The Bertz CT molecular complexity index is 998. The summed E-state index contributed by atoms with van der Waals surface area (Å²) in [5, 5.41) is 2.98. The molecule has 0 unspecified atom stereocenters. The molecule has 162 valence electrons. The standard InChI is InChI=1S/C26H29NO4/c1-18(2)31-21-14-12-19(13-15-21)24(23-10-5-6-11-25(23)30-4)17-26(28)27-20-8-7-9-22(16-20)29-3/h5-16,18,24H,17H2,1-4H3,(H,27,28)/t24-/m1/s1. The van der Waals surface area contributed by atoms with E-state index in [-0.39, 0.29) is 24.3 Å². The van der Waals surface area contributed by atoms with Gasteiger partial charge >= 0.3 is 0 Å². The third-order valence-electron chi connectivity index (χ3n) is 4.91. The molecule has 0 radical (unpaired) electrons. The van der Waals surface area contributed by atoms with Gasteiger partial charge in [0.1, 0.15) is 17.2 Å². The summed E-state index contributed by atoms with van der Waals surface area (Å²) in [4.78, 5) is 13.0. The Morgan fingerprint density at radius 1 is 0.871 bits per heavy atom. The van der Waals surface area contributed by atoms with Gasteiger partial charge in [-0.1, -0.05) is 36.4 Å². The summed E-state index contributed by atoms with van der Waals surface area (Å²) >= 11 is 0. The zero-order valence-corrected chi connectivity index (χ0v) is 18.4. The van der Waals surface area contributed by atoms with Gasteiger partial charge in [-0.3, -0.25) is 4.79 Å². The van der Waals surface area contributed by atoms with Gasteiger partial charge in [-0.15, -0.1) is 0 Å². The lowest BCUT2D eigenvalue weighted by Crippen LogP contribution is -2.17. The first-order valence-electron chi connectivity index (χ1n) is 10.3. The maximum Gasteiger partial charge on any atom is 0.225 e. The second-order valence-corrected chi connectivity index (χ2v) is 7.51. The molecule has 1 N–H and O–H groups in total. The Labute approximate surface area is 184 Å². The minimum Gasteiger partial charge on any atom is -0.497 e. The van der Waals surface area contributed by atoms with Gasteiger partial charge in [-0.2, -0.15) is 0 Å². The molecular formula is C26H29NO4. The number of hydrogen-bond donors (Lipinski definition) is 1. The van der Waals surface area contributed by atoms with E-state index in [1.165, 1.54) is 0 Å². The molecular weight excluding hydrogens is 390 g/mol. The summed E-state index contributed by atoms with van der Waals surface area (Å²) in [6, 6.07) is 23.0. The van der Waals surface area contributed by atoms with E-state index >= 15 is 0 Å². The first-order chi connectivity index (χ1) is 15.0. The zero-order chi connectivity index (χ0) is 22.2. The molecule has 1 amide bonds. The van der Waals surface area contributed by atoms with Crippen molar-refractivity contribution in [2.24, 2.45) is 0 Å². The van der Waals surface area contributed by atoms with Gasteiger partial charge in [0, 0.05) is 29.7 Å². The lowest BCUT2D eigenvalue weighted by Gasteiger charge is -2.21. The van der Waals surface area contributed by atoms with Crippen LogP contribution in [-0.4, -0.2) is 26.2 Å². The van der Waals surface area contributed by atoms with E-state index in [1.807, 2.05) is 80.6 Å². The van der Waals surface area contributed by atoms with Crippen LogP contribution in [0.1, 0.15) is 37.3 Å². The molecule has 31 heavy (non-hydrogen) atoms. The number of ether oxygens (including phenoxy) is 3. The number of para-hydroxylation sites is 1. The van der Waals surface area contributed by atoms with E-state index in [1.54, 1.807) is 20.3 Å². The molecule has 3 aromatic carbocycles. The molecule has 0 aromatic heterocycles. The van der Waals surface area contributed by atoms with Crippen molar-refractivity contribution < 1.29 is 19.0 Å². The van der Waals surface area contributed by atoms with Crippen molar-refractivity contribution in [3.8, 4) is 17.2 Å². The average Bonchev–Trinajstić information content (AvgIpc) is 2.78. The van der Waals surface area contributed by atoms with Crippen molar-refractivity contribution in [1.29, 1.82) is 0 Å². The van der Waals surface area contributed by atoms with Crippen LogP contribution in [0.4, 0.5) is 5.69 Å². The van der Waals surface area contributed by atoms with E-state index in [4.69, 9.17) is 14.2 Å². The molecule has 0 spiro atoms. The maximum absolute atomic E-state index is 13.0. The van der Waals surface area contributed by atoms with Crippen LogP contribution in [0.3, 0.4) is 0 Å². The molecule has 0 saturated heterocycles. The summed E-state index contributed by atoms with van der Waals surface area (Å²) in [5.41, 5.74) is 2.67. The van der Waals surface area contributed by atoms with Gasteiger partial charge in [0.15, 0.2) is 0 Å². The molecule has 5 nitrogen and oxygen atoms in total. The zero-order valence-electron chi connectivity index (χ0n) is 18.4. The van der Waals surface area contributed by atoms with Gasteiger partial charge in [0.05, 0.1) is 20.3 Å². The molecule has 0 fully saturated rings. The topological polar surface area (TPSA) is 56.8 Å². The summed E-state index contributed by atoms with van der Waals surface area (Å²) < 4.78 is 16.6. The Morgan fingerprint density at radius 3 is 2.29 bits per heavy atom. The van der Waals surface area contributed by atoms with Crippen LogP contribution in [0.2, 0.25) is 0 Å². The Morgan fingerprint density at radius 2 is 1.61 bits per heavy atom. The number of nitrogens with one attached hydrogen (secondary N) is 1. The predicted octanol–water partition coefficient (Wildman–Crippen LogP) is 5.65. The normalized spacial score (nSPS) is 11.6. The molecule has 0 heterocycles. The van der Waals surface area contributed by atoms with Gasteiger partial charge in [0.2, 0.25) is 5.91 Å². The summed E-state index contributed by atoms with van der Waals surface area (Å²) in [7, 11) is 3.25. The molecule has 0 bridgehead atoms. The monoisotopic (exact) mass is 419 g/mol. The lowest BCUT2D eigenvalue weighted by atomic mass is 9.87. The number of hydrogen-bond acceptors (Lipinski definition) is 4.